The van der Waals surface area contributed by atoms with Gasteiger partial charge in [0, 0.05) is 12.6 Å². The van der Waals surface area contributed by atoms with Crippen LogP contribution < -0.4 is 5.32 Å². The summed E-state index contributed by atoms with van der Waals surface area (Å²) in [5.74, 6) is 1.38. The van der Waals surface area contributed by atoms with Crippen LogP contribution in [0.25, 0.3) is 0 Å². The van der Waals surface area contributed by atoms with Crippen molar-refractivity contribution < 1.29 is 0 Å². The fourth-order valence-corrected chi connectivity index (χ4v) is 2.53. The predicted molar refractivity (Wildman–Crippen MR) is 93.9 cm³/mol. The second kappa shape index (κ2) is 9.22. The molecule has 0 radical (unpaired) electrons. The quantitative estimate of drug-likeness (QED) is 0.723. The molecule has 1 aromatic rings. The molecule has 1 rings (SSSR count). The minimum Gasteiger partial charge on any atom is -0.309 e. The third kappa shape index (κ3) is 6.62. The lowest BCUT2D eigenvalue weighted by atomic mass is 9.98. The first kappa shape index (κ1) is 18.2. The summed E-state index contributed by atoms with van der Waals surface area (Å²) < 4.78 is 0. The van der Waals surface area contributed by atoms with Crippen molar-refractivity contribution in [3.05, 3.63) is 35.4 Å². The van der Waals surface area contributed by atoms with E-state index >= 15 is 0 Å². The lowest BCUT2D eigenvalue weighted by Gasteiger charge is -2.26. The molecule has 0 bridgehead atoms. The summed E-state index contributed by atoms with van der Waals surface area (Å²) in [6.07, 6.45) is 1.27. The minimum absolute atomic E-state index is 0.424. The van der Waals surface area contributed by atoms with Gasteiger partial charge in [0.1, 0.15) is 0 Å². The van der Waals surface area contributed by atoms with E-state index in [-0.39, 0.29) is 0 Å². The molecule has 0 aliphatic rings. The maximum Gasteiger partial charge on any atom is 0.0449 e. The highest BCUT2D eigenvalue weighted by atomic mass is 15.1. The van der Waals surface area contributed by atoms with Gasteiger partial charge in [-0.05, 0) is 49.5 Å². The van der Waals surface area contributed by atoms with Crippen molar-refractivity contribution in [1.29, 1.82) is 0 Å². The van der Waals surface area contributed by atoms with Crippen molar-refractivity contribution >= 4 is 0 Å². The van der Waals surface area contributed by atoms with E-state index in [1.54, 1.807) is 0 Å². The van der Waals surface area contributed by atoms with E-state index in [2.05, 4.69) is 76.1 Å². The van der Waals surface area contributed by atoms with E-state index in [4.69, 9.17) is 0 Å². The van der Waals surface area contributed by atoms with Crippen LogP contribution in [0, 0.1) is 5.92 Å². The number of nitrogens with one attached hydrogen (secondary N) is 1. The Morgan fingerprint density at radius 3 is 2.05 bits per heavy atom. The Hall–Kier alpha value is -0.860. The summed E-state index contributed by atoms with van der Waals surface area (Å²) in [6, 6.07) is 9.56. The van der Waals surface area contributed by atoms with Crippen LogP contribution in [0.4, 0.5) is 0 Å². The lowest BCUT2D eigenvalue weighted by molar-refractivity contribution is 0.276. The molecule has 0 amide bonds. The zero-order valence-electron chi connectivity index (χ0n) is 14.8. The summed E-state index contributed by atoms with van der Waals surface area (Å²) in [5.41, 5.74) is 2.82. The van der Waals surface area contributed by atoms with Crippen molar-refractivity contribution in [3.63, 3.8) is 0 Å². The van der Waals surface area contributed by atoms with Gasteiger partial charge in [-0.3, -0.25) is 0 Å². The molecule has 2 heteroatoms. The molecule has 1 N–H and O–H groups in total. The Kier molecular flexibility index (Phi) is 7.98. The third-order valence-electron chi connectivity index (χ3n) is 4.04. The van der Waals surface area contributed by atoms with Crippen LogP contribution in [0.2, 0.25) is 0 Å². The Morgan fingerprint density at radius 1 is 1.00 bits per heavy atom. The van der Waals surface area contributed by atoms with Crippen molar-refractivity contribution in [2.75, 3.05) is 26.7 Å². The zero-order chi connectivity index (χ0) is 15.8. The molecule has 0 spiro atoms. The number of hydrogen-bond donors (Lipinski definition) is 1. The van der Waals surface area contributed by atoms with E-state index in [1.807, 2.05) is 0 Å². The third-order valence-corrected chi connectivity index (χ3v) is 4.04. The van der Waals surface area contributed by atoms with Gasteiger partial charge in [0.05, 0.1) is 0 Å². The van der Waals surface area contributed by atoms with Crippen LogP contribution in [0.15, 0.2) is 24.3 Å². The van der Waals surface area contributed by atoms with Crippen LogP contribution in [0.5, 0.6) is 0 Å². The molecule has 1 unspecified atom stereocenters. The first-order valence-electron chi connectivity index (χ1n) is 8.45. The van der Waals surface area contributed by atoms with Gasteiger partial charge in [-0.1, -0.05) is 58.9 Å². The summed E-state index contributed by atoms with van der Waals surface area (Å²) in [4.78, 5) is 2.45. The number of hydrogen-bond acceptors (Lipinski definition) is 2. The maximum absolute atomic E-state index is 3.62. The second-order valence-electron chi connectivity index (χ2n) is 6.88. The summed E-state index contributed by atoms with van der Waals surface area (Å²) in [7, 11) is 2.23. The van der Waals surface area contributed by atoms with Crippen molar-refractivity contribution in [1.82, 2.24) is 10.2 Å². The molecule has 21 heavy (non-hydrogen) atoms. The summed E-state index contributed by atoms with van der Waals surface area (Å²) in [6.45, 7) is 14.5. The van der Waals surface area contributed by atoms with Crippen molar-refractivity contribution in [3.8, 4) is 0 Å². The molecular formula is C19H34N2. The molecule has 1 atom stereocenters. The van der Waals surface area contributed by atoms with Gasteiger partial charge in [-0.2, -0.15) is 0 Å². The number of likely N-dealkylation sites (N-methyl/N-ethyl adjacent to an activating group) is 2. The first-order valence-corrected chi connectivity index (χ1v) is 8.45. The molecule has 0 saturated carbocycles. The summed E-state index contributed by atoms with van der Waals surface area (Å²) >= 11 is 0. The molecule has 0 fully saturated rings. The largest absolute Gasteiger partial charge is 0.309 e. The van der Waals surface area contributed by atoms with E-state index in [0.717, 1.165) is 19.0 Å². The fraction of sp³-hybridized carbons (Fsp3) is 0.684. The van der Waals surface area contributed by atoms with Gasteiger partial charge < -0.3 is 10.2 Å². The molecule has 1 aromatic carbocycles. The van der Waals surface area contributed by atoms with Crippen LogP contribution >= 0.6 is 0 Å². The topological polar surface area (TPSA) is 15.3 Å². The number of nitrogens with zero attached hydrogens (tertiary/aromatic N) is 1. The average Bonchev–Trinajstić information content (AvgIpc) is 2.45. The zero-order valence-corrected chi connectivity index (χ0v) is 14.8. The molecule has 0 aliphatic heterocycles. The minimum atomic E-state index is 0.424. The smallest absolute Gasteiger partial charge is 0.0449 e. The fourth-order valence-electron chi connectivity index (χ4n) is 2.53. The maximum atomic E-state index is 3.62. The van der Waals surface area contributed by atoms with Gasteiger partial charge in [-0.15, -0.1) is 0 Å². The monoisotopic (exact) mass is 290 g/mol. The SMILES string of the molecule is CCNC(CN(C)CCC(C)C)c1ccc(C(C)C)cc1. The standard InChI is InChI=1S/C19H34N2/c1-7-20-19(14-21(6)13-12-15(2)3)18-10-8-17(9-11-18)16(4)5/h8-11,15-16,19-20H,7,12-14H2,1-6H3. The van der Waals surface area contributed by atoms with Crippen LogP contribution in [0.3, 0.4) is 0 Å². The van der Waals surface area contributed by atoms with Crippen LogP contribution in [0.1, 0.15) is 64.1 Å². The van der Waals surface area contributed by atoms with Gasteiger partial charge in [-0.25, -0.2) is 0 Å². The van der Waals surface area contributed by atoms with Gasteiger partial charge in [0.2, 0.25) is 0 Å². The van der Waals surface area contributed by atoms with Crippen molar-refractivity contribution in [2.45, 2.75) is 53.0 Å². The highest BCUT2D eigenvalue weighted by molar-refractivity contribution is 5.27. The predicted octanol–water partition coefficient (Wildman–Crippen LogP) is 4.44. The number of rotatable bonds is 9. The van der Waals surface area contributed by atoms with Gasteiger partial charge in [0.25, 0.3) is 0 Å². The Balaban J connectivity index is 2.67. The average molecular weight is 290 g/mol. The first-order chi connectivity index (χ1) is 9.93. The molecule has 0 aromatic heterocycles. The summed E-state index contributed by atoms with van der Waals surface area (Å²) in [5, 5.41) is 3.62. The van der Waals surface area contributed by atoms with E-state index in [1.165, 1.54) is 24.1 Å². The highest BCUT2D eigenvalue weighted by Gasteiger charge is 2.13. The molecule has 2 nitrogen and oxygen atoms in total. The van der Waals surface area contributed by atoms with Gasteiger partial charge in [0.15, 0.2) is 0 Å². The molecule has 0 saturated heterocycles. The van der Waals surface area contributed by atoms with Gasteiger partial charge >= 0.3 is 0 Å². The number of benzene rings is 1. The lowest BCUT2D eigenvalue weighted by Crippen LogP contribution is -2.33. The van der Waals surface area contributed by atoms with E-state index < -0.39 is 0 Å². The molecule has 0 heterocycles. The second-order valence-corrected chi connectivity index (χ2v) is 6.88. The molecule has 0 aliphatic carbocycles. The van der Waals surface area contributed by atoms with Crippen LogP contribution in [-0.4, -0.2) is 31.6 Å². The Bertz CT molecular complexity index is 381. The van der Waals surface area contributed by atoms with Crippen LogP contribution in [-0.2, 0) is 0 Å². The Morgan fingerprint density at radius 2 is 1.57 bits per heavy atom. The van der Waals surface area contributed by atoms with E-state index in [0.29, 0.717) is 12.0 Å². The molecule has 120 valence electrons. The van der Waals surface area contributed by atoms with Crippen molar-refractivity contribution in [2.24, 2.45) is 5.92 Å². The van der Waals surface area contributed by atoms with E-state index in [9.17, 15) is 0 Å². The Labute approximate surface area is 131 Å². The normalized spacial score (nSPS) is 13.4. The highest BCUT2D eigenvalue weighted by Crippen LogP contribution is 2.19. The molecular weight excluding hydrogens is 256 g/mol.